The maximum atomic E-state index is 14.3. The molecule has 3 aromatic rings. The van der Waals surface area contributed by atoms with Gasteiger partial charge in [0, 0.05) is 28.9 Å². The van der Waals surface area contributed by atoms with Crippen LogP contribution in [0, 0.1) is 24.1 Å². The molecule has 1 aliphatic rings. The Balaban J connectivity index is 1.82. The van der Waals surface area contributed by atoms with Crippen molar-refractivity contribution >= 4 is 41.1 Å². The summed E-state index contributed by atoms with van der Waals surface area (Å²) in [5, 5.41) is 32.0. The molecule has 0 saturated carbocycles. The number of aromatic nitrogens is 2. The SMILES string of the molecule is Cc1c(Cl)ccc2c1N=CC2=Cc1[nH]c(=O)n(C(C(=O)NCCO)c2ccc(C#N)c(F)c2)c1O. The minimum Gasteiger partial charge on any atom is -0.493 e. The van der Waals surface area contributed by atoms with Crippen LogP contribution in [0.3, 0.4) is 0 Å². The molecule has 4 rings (SSSR count). The molecule has 1 amide bonds. The van der Waals surface area contributed by atoms with Crippen LogP contribution in [-0.4, -0.2) is 45.0 Å². The number of aromatic hydroxyl groups is 1. The molecular formula is C24H19ClFN5O4. The van der Waals surface area contributed by atoms with Gasteiger partial charge < -0.3 is 20.5 Å². The molecule has 0 aliphatic carbocycles. The largest absolute Gasteiger partial charge is 0.493 e. The van der Waals surface area contributed by atoms with Crippen molar-refractivity contribution in [2.24, 2.45) is 4.99 Å². The third kappa shape index (κ3) is 4.35. The van der Waals surface area contributed by atoms with Crippen LogP contribution in [0.25, 0.3) is 11.6 Å². The molecule has 0 spiro atoms. The van der Waals surface area contributed by atoms with Crippen molar-refractivity contribution in [2.45, 2.75) is 13.0 Å². The van der Waals surface area contributed by atoms with Gasteiger partial charge in [0.05, 0.1) is 17.9 Å². The third-order valence-corrected chi connectivity index (χ3v) is 5.99. The third-order valence-electron chi connectivity index (χ3n) is 5.58. The summed E-state index contributed by atoms with van der Waals surface area (Å²) in [4.78, 5) is 32.7. The van der Waals surface area contributed by atoms with Crippen LogP contribution in [0.1, 0.15) is 34.0 Å². The van der Waals surface area contributed by atoms with Crippen molar-refractivity contribution in [3.8, 4) is 11.9 Å². The number of nitriles is 1. The quantitative estimate of drug-likeness (QED) is 0.415. The molecule has 0 radical (unpaired) electrons. The number of carbonyl (C=O) groups excluding carboxylic acids is 1. The van der Waals surface area contributed by atoms with Crippen LogP contribution in [-0.2, 0) is 4.79 Å². The van der Waals surface area contributed by atoms with Gasteiger partial charge in [0.25, 0.3) is 0 Å². The standard InChI is InChI=1S/C24H19ClFN5O4/c1-12-17(25)5-4-16-15(11-29-20(12)16)9-19-23(34)31(24(35)30-19)21(22(33)28-6-7-32)13-2-3-14(10-27)18(26)8-13/h2-5,8-9,11,21,32,34H,6-7H2,1H3,(H,28,33)(H,30,35). The van der Waals surface area contributed by atoms with Gasteiger partial charge in [0.2, 0.25) is 11.8 Å². The number of H-pyrrole nitrogens is 1. The maximum absolute atomic E-state index is 14.3. The fourth-order valence-corrected chi connectivity index (χ4v) is 3.98. The second-order valence-electron chi connectivity index (χ2n) is 7.73. The molecule has 1 aliphatic heterocycles. The van der Waals surface area contributed by atoms with Gasteiger partial charge in [0.15, 0.2) is 0 Å². The van der Waals surface area contributed by atoms with E-state index in [1.54, 1.807) is 24.4 Å². The molecule has 1 atom stereocenters. The summed E-state index contributed by atoms with van der Waals surface area (Å²) in [5.41, 5.74) is 1.73. The summed E-state index contributed by atoms with van der Waals surface area (Å²) >= 11 is 6.16. The van der Waals surface area contributed by atoms with Gasteiger partial charge >= 0.3 is 5.69 Å². The molecule has 9 nitrogen and oxygen atoms in total. The Bertz CT molecular complexity index is 1500. The van der Waals surface area contributed by atoms with E-state index in [0.717, 1.165) is 21.8 Å². The Morgan fingerprint density at radius 3 is 2.86 bits per heavy atom. The number of halogens is 2. The van der Waals surface area contributed by atoms with E-state index in [4.69, 9.17) is 22.0 Å². The normalized spacial score (nSPS) is 14.1. The fraction of sp³-hybridized carbons (Fsp3) is 0.167. The van der Waals surface area contributed by atoms with E-state index in [-0.39, 0.29) is 30.0 Å². The molecule has 0 fully saturated rings. The number of aromatic amines is 1. The number of aliphatic hydroxyl groups is 1. The molecular weight excluding hydrogens is 477 g/mol. The first-order valence-electron chi connectivity index (χ1n) is 10.4. The molecule has 11 heteroatoms. The summed E-state index contributed by atoms with van der Waals surface area (Å²) in [6.45, 7) is 1.33. The molecule has 2 heterocycles. The number of imidazole rings is 1. The number of benzene rings is 2. The van der Waals surface area contributed by atoms with Crippen molar-refractivity contribution in [2.75, 3.05) is 13.2 Å². The number of nitrogens with zero attached hydrogens (tertiary/aromatic N) is 3. The summed E-state index contributed by atoms with van der Waals surface area (Å²) < 4.78 is 15.1. The second kappa shape index (κ2) is 9.58. The number of hydrogen-bond donors (Lipinski definition) is 4. The van der Waals surface area contributed by atoms with Crippen molar-refractivity contribution in [3.63, 3.8) is 0 Å². The fourth-order valence-electron chi connectivity index (χ4n) is 3.83. The molecule has 0 saturated heterocycles. The lowest BCUT2D eigenvalue weighted by molar-refractivity contribution is -0.123. The number of aliphatic imine (C=N–C) groups is 1. The molecule has 178 valence electrons. The van der Waals surface area contributed by atoms with Gasteiger partial charge in [-0.15, -0.1) is 0 Å². The van der Waals surface area contributed by atoms with Gasteiger partial charge in [-0.05, 0) is 42.3 Å². The van der Waals surface area contributed by atoms with Crippen molar-refractivity contribution in [3.05, 3.63) is 79.6 Å². The van der Waals surface area contributed by atoms with E-state index in [0.29, 0.717) is 16.3 Å². The summed E-state index contributed by atoms with van der Waals surface area (Å²) in [7, 11) is 0. The Morgan fingerprint density at radius 2 is 2.17 bits per heavy atom. The van der Waals surface area contributed by atoms with Crippen molar-refractivity contribution in [1.29, 1.82) is 5.26 Å². The lowest BCUT2D eigenvalue weighted by atomic mass is 10.0. The van der Waals surface area contributed by atoms with Crippen molar-refractivity contribution < 1.29 is 19.4 Å². The zero-order valence-corrected chi connectivity index (χ0v) is 19.1. The molecule has 0 bridgehead atoms. The summed E-state index contributed by atoms with van der Waals surface area (Å²) in [5.74, 6) is -2.22. The van der Waals surface area contributed by atoms with E-state index in [1.807, 2.05) is 6.92 Å². The van der Waals surface area contributed by atoms with Gasteiger partial charge in [-0.25, -0.2) is 13.8 Å². The monoisotopic (exact) mass is 495 g/mol. The minimum absolute atomic E-state index is 0.00554. The van der Waals surface area contributed by atoms with Gasteiger partial charge in [-0.3, -0.25) is 9.79 Å². The number of carbonyl (C=O) groups is 1. The van der Waals surface area contributed by atoms with E-state index >= 15 is 0 Å². The average molecular weight is 496 g/mol. The smallest absolute Gasteiger partial charge is 0.329 e. The number of allylic oxidation sites excluding steroid dienone is 1. The lowest BCUT2D eigenvalue weighted by Crippen LogP contribution is -2.38. The number of fused-ring (bicyclic) bond motifs is 1. The van der Waals surface area contributed by atoms with Crippen LogP contribution in [0.4, 0.5) is 10.1 Å². The first-order valence-corrected chi connectivity index (χ1v) is 10.8. The topological polar surface area (TPSA) is 144 Å². The summed E-state index contributed by atoms with van der Waals surface area (Å²) in [6, 6.07) is 7.12. The van der Waals surface area contributed by atoms with Gasteiger partial charge in [0.1, 0.15) is 23.6 Å². The van der Waals surface area contributed by atoms with Gasteiger partial charge in [-0.1, -0.05) is 23.7 Å². The maximum Gasteiger partial charge on any atom is 0.329 e. The Labute approximate surface area is 203 Å². The zero-order valence-electron chi connectivity index (χ0n) is 18.3. The Morgan fingerprint density at radius 1 is 1.40 bits per heavy atom. The van der Waals surface area contributed by atoms with E-state index in [2.05, 4.69) is 15.3 Å². The Kier molecular flexibility index (Phi) is 6.55. The number of nitrogens with one attached hydrogen (secondary N) is 2. The predicted molar refractivity (Wildman–Crippen MR) is 128 cm³/mol. The van der Waals surface area contributed by atoms with Crippen LogP contribution >= 0.6 is 11.6 Å². The van der Waals surface area contributed by atoms with E-state index in [1.165, 1.54) is 18.2 Å². The van der Waals surface area contributed by atoms with E-state index in [9.17, 15) is 19.1 Å². The molecule has 35 heavy (non-hydrogen) atoms. The highest BCUT2D eigenvalue weighted by Gasteiger charge is 2.29. The molecule has 1 unspecified atom stereocenters. The number of amides is 1. The van der Waals surface area contributed by atoms with Crippen LogP contribution < -0.4 is 11.0 Å². The first-order chi connectivity index (χ1) is 16.8. The first kappa shape index (κ1) is 23.9. The highest BCUT2D eigenvalue weighted by atomic mass is 35.5. The van der Waals surface area contributed by atoms with Crippen molar-refractivity contribution in [1.82, 2.24) is 14.9 Å². The Hall–Kier alpha value is -4.20. The van der Waals surface area contributed by atoms with E-state index < -0.39 is 29.3 Å². The van der Waals surface area contributed by atoms with Crippen LogP contribution in [0.2, 0.25) is 5.02 Å². The molecule has 2 aromatic carbocycles. The lowest BCUT2D eigenvalue weighted by Gasteiger charge is -2.19. The van der Waals surface area contributed by atoms with Gasteiger partial charge in [-0.2, -0.15) is 5.26 Å². The highest BCUT2D eigenvalue weighted by Crippen LogP contribution is 2.39. The zero-order chi connectivity index (χ0) is 25.3. The number of hydrogen-bond acceptors (Lipinski definition) is 6. The average Bonchev–Trinajstić information content (AvgIpc) is 3.36. The van der Waals surface area contributed by atoms with Crippen LogP contribution in [0.5, 0.6) is 5.88 Å². The number of rotatable bonds is 6. The molecule has 1 aromatic heterocycles. The predicted octanol–water partition coefficient (Wildman–Crippen LogP) is 2.81. The highest BCUT2D eigenvalue weighted by molar-refractivity contribution is 6.32. The second-order valence-corrected chi connectivity index (χ2v) is 8.14. The van der Waals surface area contributed by atoms with Crippen LogP contribution in [0.15, 0.2) is 40.1 Å². The molecule has 4 N–H and O–H groups in total. The minimum atomic E-state index is -1.48. The summed E-state index contributed by atoms with van der Waals surface area (Å²) in [6.07, 6.45) is 3.06. The number of aliphatic hydroxyl groups excluding tert-OH is 1.